The minimum Gasteiger partial charge on any atom is -0.337 e. The molecule has 1 amide bonds. The van der Waals surface area contributed by atoms with Crippen molar-refractivity contribution in [1.29, 1.82) is 0 Å². The first-order chi connectivity index (χ1) is 16.1. The van der Waals surface area contributed by atoms with Crippen molar-refractivity contribution in [1.82, 2.24) is 24.4 Å². The van der Waals surface area contributed by atoms with E-state index < -0.39 is 0 Å². The largest absolute Gasteiger partial charge is 0.337 e. The summed E-state index contributed by atoms with van der Waals surface area (Å²) in [5, 5.41) is 0. The van der Waals surface area contributed by atoms with E-state index >= 15 is 0 Å². The fourth-order valence-corrected chi connectivity index (χ4v) is 4.64. The SMILES string of the molecule is O=C(c1ccc(Cn2c3c(c(=O)[nH]c2=O)CCCC3)cc1)N1CCN(c2ncccn2)CC1. The molecule has 5 rings (SSSR count). The summed E-state index contributed by atoms with van der Waals surface area (Å²) in [6, 6.07) is 9.18. The smallest absolute Gasteiger partial charge is 0.328 e. The van der Waals surface area contributed by atoms with E-state index in [4.69, 9.17) is 0 Å². The number of nitrogens with one attached hydrogen (secondary N) is 1. The van der Waals surface area contributed by atoms with Gasteiger partial charge in [0, 0.05) is 55.4 Å². The van der Waals surface area contributed by atoms with E-state index in [0.717, 1.165) is 36.1 Å². The highest BCUT2D eigenvalue weighted by atomic mass is 16.2. The Morgan fingerprint density at radius 1 is 0.939 bits per heavy atom. The number of piperazine rings is 1. The molecule has 1 aliphatic carbocycles. The number of carbonyl (C=O) groups excluding carboxylic acids is 1. The summed E-state index contributed by atoms with van der Waals surface area (Å²) in [5.74, 6) is 0.683. The van der Waals surface area contributed by atoms with Crippen LogP contribution in [0.15, 0.2) is 52.3 Å². The number of rotatable bonds is 4. The number of aromatic amines is 1. The van der Waals surface area contributed by atoms with E-state index in [0.29, 0.717) is 50.7 Å². The van der Waals surface area contributed by atoms with Gasteiger partial charge in [-0.05, 0) is 49.4 Å². The summed E-state index contributed by atoms with van der Waals surface area (Å²) in [5.41, 5.74) is 2.48. The van der Waals surface area contributed by atoms with Gasteiger partial charge in [0.15, 0.2) is 0 Å². The van der Waals surface area contributed by atoms with Gasteiger partial charge in [0.1, 0.15) is 0 Å². The lowest BCUT2D eigenvalue weighted by Crippen LogP contribution is -2.49. The zero-order valence-corrected chi connectivity index (χ0v) is 18.4. The van der Waals surface area contributed by atoms with Gasteiger partial charge < -0.3 is 9.80 Å². The molecule has 33 heavy (non-hydrogen) atoms. The fraction of sp³-hybridized carbons (Fsp3) is 0.375. The normalized spacial score (nSPS) is 15.9. The first-order valence-electron chi connectivity index (χ1n) is 11.4. The van der Waals surface area contributed by atoms with Gasteiger partial charge in [0.2, 0.25) is 5.95 Å². The fourth-order valence-electron chi connectivity index (χ4n) is 4.64. The zero-order valence-electron chi connectivity index (χ0n) is 18.4. The molecular formula is C24H26N6O3. The molecule has 2 aliphatic rings. The lowest BCUT2D eigenvalue weighted by molar-refractivity contribution is 0.0746. The van der Waals surface area contributed by atoms with Crippen molar-refractivity contribution in [2.24, 2.45) is 0 Å². The van der Waals surface area contributed by atoms with Crippen molar-refractivity contribution in [2.45, 2.75) is 32.2 Å². The van der Waals surface area contributed by atoms with Gasteiger partial charge in [-0.2, -0.15) is 0 Å². The van der Waals surface area contributed by atoms with Crippen LogP contribution in [-0.2, 0) is 19.4 Å². The van der Waals surface area contributed by atoms with Gasteiger partial charge in [0.05, 0.1) is 6.54 Å². The highest BCUT2D eigenvalue weighted by Gasteiger charge is 2.23. The van der Waals surface area contributed by atoms with Gasteiger partial charge in [-0.3, -0.25) is 19.1 Å². The van der Waals surface area contributed by atoms with Crippen molar-refractivity contribution >= 4 is 11.9 Å². The molecule has 2 aromatic heterocycles. The Morgan fingerprint density at radius 3 is 2.36 bits per heavy atom. The second kappa shape index (κ2) is 9.01. The monoisotopic (exact) mass is 446 g/mol. The third-order valence-corrected chi connectivity index (χ3v) is 6.45. The third kappa shape index (κ3) is 4.30. The highest BCUT2D eigenvalue weighted by Crippen LogP contribution is 2.18. The lowest BCUT2D eigenvalue weighted by atomic mass is 9.96. The topological polar surface area (TPSA) is 104 Å². The van der Waals surface area contributed by atoms with Crippen LogP contribution in [0.5, 0.6) is 0 Å². The molecule has 0 saturated carbocycles. The number of H-pyrrole nitrogens is 1. The minimum absolute atomic E-state index is 0.00577. The number of aromatic nitrogens is 4. The Morgan fingerprint density at radius 2 is 1.64 bits per heavy atom. The lowest BCUT2D eigenvalue weighted by Gasteiger charge is -2.34. The predicted molar refractivity (Wildman–Crippen MR) is 124 cm³/mol. The Bertz CT molecular complexity index is 1260. The molecule has 1 fully saturated rings. The van der Waals surface area contributed by atoms with Crippen LogP contribution in [0.1, 0.15) is 40.0 Å². The maximum absolute atomic E-state index is 13.0. The van der Waals surface area contributed by atoms with Crippen molar-refractivity contribution < 1.29 is 4.79 Å². The van der Waals surface area contributed by atoms with E-state index in [1.807, 2.05) is 29.2 Å². The number of hydrogen-bond acceptors (Lipinski definition) is 6. The molecule has 0 spiro atoms. The van der Waals surface area contributed by atoms with Crippen molar-refractivity contribution in [3.8, 4) is 0 Å². The quantitative estimate of drug-likeness (QED) is 0.646. The summed E-state index contributed by atoms with van der Waals surface area (Å²) in [6.45, 7) is 2.97. The van der Waals surface area contributed by atoms with E-state index in [9.17, 15) is 14.4 Å². The Labute approximate surface area is 190 Å². The van der Waals surface area contributed by atoms with Gasteiger partial charge >= 0.3 is 5.69 Å². The number of fused-ring (bicyclic) bond motifs is 1. The summed E-state index contributed by atoms with van der Waals surface area (Å²) in [6.07, 6.45) is 6.84. The molecule has 9 nitrogen and oxygen atoms in total. The molecule has 1 saturated heterocycles. The minimum atomic E-state index is -0.374. The summed E-state index contributed by atoms with van der Waals surface area (Å²) >= 11 is 0. The molecular weight excluding hydrogens is 420 g/mol. The van der Waals surface area contributed by atoms with Crippen LogP contribution in [0.3, 0.4) is 0 Å². The van der Waals surface area contributed by atoms with E-state index in [1.54, 1.807) is 23.0 Å². The van der Waals surface area contributed by atoms with Crippen molar-refractivity contribution in [3.63, 3.8) is 0 Å². The maximum atomic E-state index is 13.0. The Balaban J connectivity index is 1.27. The predicted octanol–water partition coefficient (Wildman–Crippen LogP) is 1.22. The Hall–Kier alpha value is -3.75. The number of hydrogen-bond donors (Lipinski definition) is 1. The van der Waals surface area contributed by atoms with Gasteiger partial charge in [0.25, 0.3) is 11.5 Å². The number of carbonyl (C=O) groups is 1. The maximum Gasteiger partial charge on any atom is 0.328 e. The first kappa shape index (κ1) is 21.1. The molecule has 170 valence electrons. The number of amides is 1. The van der Waals surface area contributed by atoms with Crippen molar-refractivity contribution in [3.05, 3.63) is 85.9 Å². The standard InChI is InChI=1S/C24H26N6O3/c31-21-19-4-1-2-5-20(19)30(24(33)27-21)16-17-6-8-18(9-7-17)22(32)28-12-14-29(15-13-28)23-25-10-3-11-26-23/h3,6-11H,1-2,4-5,12-16H2,(H,27,31,33). The van der Waals surface area contributed by atoms with Gasteiger partial charge in [-0.25, -0.2) is 14.8 Å². The number of benzene rings is 1. The molecule has 0 bridgehead atoms. The summed E-state index contributed by atoms with van der Waals surface area (Å²) < 4.78 is 1.66. The van der Waals surface area contributed by atoms with Crippen LogP contribution in [0, 0.1) is 0 Å². The zero-order chi connectivity index (χ0) is 22.8. The Kier molecular flexibility index (Phi) is 5.77. The number of anilines is 1. The van der Waals surface area contributed by atoms with Gasteiger partial charge in [-0.1, -0.05) is 12.1 Å². The molecule has 1 aromatic carbocycles. The van der Waals surface area contributed by atoms with Crippen LogP contribution in [0.2, 0.25) is 0 Å². The molecule has 3 heterocycles. The molecule has 1 N–H and O–H groups in total. The molecule has 0 radical (unpaired) electrons. The molecule has 1 aliphatic heterocycles. The van der Waals surface area contributed by atoms with E-state index in [2.05, 4.69) is 19.9 Å². The summed E-state index contributed by atoms with van der Waals surface area (Å²) in [4.78, 5) is 52.5. The second-order valence-electron chi connectivity index (χ2n) is 8.50. The van der Waals surface area contributed by atoms with Crippen LogP contribution >= 0.6 is 0 Å². The first-order valence-corrected chi connectivity index (χ1v) is 11.4. The summed E-state index contributed by atoms with van der Waals surface area (Å²) in [7, 11) is 0. The molecule has 0 atom stereocenters. The van der Waals surface area contributed by atoms with Crippen LogP contribution in [0.4, 0.5) is 5.95 Å². The van der Waals surface area contributed by atoms with Gasteiger partial charge in [-0.15, -0.1) is 0 Å². The van der Waals surface area contributed by atoms with Crippen molar-refractivity contribution in [2.75, 3.05) is 31.1 Å². The van der Waals surface area contributed by atoms with Crippen LogP contribution in [-0.4, -0.2) is 56.5 Å². The highest BCUT2D eigenvalue weighted by molar-refractivity contribution is 5.94. The van der Waals surface area contributed by atoms with Crippen LogP contribution < -0.4 is 16.1 Å². The average Bonchev–Trinajstić information content (AvgIpc) is 2.87. The molecule has 0 unspecified atom stereocenters. The third-order valence-electron chi connectivity index (χ3n) is 6.45. The van der Waals surface area contributed by atoms with E-state index in [-0.39, 0.29) is 17.2 Å². The average molecular weight is 447 g/mol. The second-order valence-corrected chi connectivity index (χ2v) is 8.50. The van der Waals surface area contributed by atoms with Crippen LogP contribution in [0.25, 0.3) is 0 Å². The van der Waals surface area contributed by atoms with E-state index in [1.165, 1.54) is 0 Å². The molecule has 3 aromatic rings. The number of nitrogens with zero attached hydrogens (tertiary/aromatic N) is 5. The molecule has 9 heteroatoms.